The second-order valence-corrected chi connectivity index (χ2v) is 4.60. The molecule has 0 fully saturated rings. The summed E-state index contributed by atoms with van der Waals surface area (Å²) < 4.78 is 26.9. The van der Waals surface area contributed by atoms with E-state index in [2.05, 4.69) is 5.32 Å². The van der Waals surface area contributed by atoms with Crippen molar-refractivity contribution in [1.29, 1.82) is 0 Å². The smallest absolute Gasteiger partial charge is 0.229 e. The second-order valence-electron chi connectivity index (χ2n) is 4.60. The van der Waals surface area contributed by atoms with Gasteiger partial charge in [0.05, 0.1) is 6.42 Å². The first kappa shape index (κ1) is 15.1. The van der Waals surface area contributed by atoms with E-state index in [9.17, 15) is 13.6 Å². The van der Waals surface area contributed by atoms with E-state index in [1.165, 1.54) is 6.07 Å². The third-order valence-electron chi connectivity index (χ3n) is 3.04. The molecule has 21 heavy (non-hydrogen) atoms. The molecule has 0 aliphatic heterocycles. The lowest BCUT2D eigenvalue weighted by Crippen LogP contribution is -2.16. The summed E-state index contributed by atoms with van der Waals surface area (Å²) in [5, 5.41) is 11.4. The van der Waals surface area contributed by atoms with Gasteiger partial charge in [0.25, 0.3) is 0 Å². The van der Waals surface area contributed by atoms with Crippen LogP contribution in [0, 0.1) is 11.6 Å². The fourth-order valence-electron chi connectivity index (χ4n) is 1.95. The van der Waals surface area contributed by atoms with Crippen LogP contribution in [0.2, 0.25) is 0 Å². The molecule has 5 heteroatoms. The Labute approximate surface area is 121 Å². The third-order valence-corrected chi connectivity index (χ3v) is 3.04. The van der Waals surface area contributed by atoms with E-state index >= 15 is 0 Å². The normalized spacial score (nSPS) is 10.4. The van der Waals surface area contributed by atoms with Crippen molar-refractivity contribution in [3.8, 4) is 0 Å². The predicted octanol–water partition coefficient (Wildman–Crippen LogP) is 2.68. The Morgan fingerprint density at radius 3 is 2.24 bits per heavy atom. The SMILES string of the molecule is O=C(Cc1c(F)cccc1F)Nc1ccc(CCO)cc1. The maximum atomic E-state index is 13.4. The van der Waals surface area contributed by atoms with Gasteiger partial charge in [-0.1, -0.05) is 18.2 Å². The first-order valence-electron chi connectivity index (χ1n) is 6.52. The molecule has 0 bridgehead atoms. The molecular formula is C16H15F2NO2. The summed E-state index contributed by atoms with van der Waals surface area (Å²) in [5.74, 6) is -1.96. The van der Waals surface area contributed by atoms with E-state index < -0.39 is 17.5 Å². The van der Waals surface area contributed by atoms with Crippen molar-refractivity contribution >= 4 is 11.6 Å². The van der Waals surface area contributed by atoms with Crippen LogP contribution in [0.15, 0.2) is 42.5 Å². The Kier molecular flexibility index (Phi) is 5.00. The molecule has 0 atom stereocenters. The second kappa shape index (κ2) is 6.95. The molecule has 3 nitrogen and oxygen atoms in total. The van der Waals surface area contributed by atoms with Crippen molar-refractivity contribution in [3.05, 3.63) is 65.2 Å². The molecule has 0 heterocycles. The van der Waals surface area contributed by atoms with Gasteiger partial charge in [0.2, 0.25) is 5.91 Å². The summed E-state index contributed by atoms with van der Waals surface area (Å²) in [5.41, 5.74) is 1.24. The van der Waals surface area contributed by atoms with Crippen LogP contribution in [-0.2, 0) is 17.6 Å². The van der Waals surface area contributed by atoms with E-state index in [0.717, 1.165) is 17.7 Å². The minimum atomic E-state index is -0.733. The van der Waals surface area contributed by atoms with Crippen molar-refractivity contribution < 1.29 is 18.7 Å². The van der Waals surface area contributed by atoms with E-state index in [1.807, 2.05) is 0 Å². The van der Waals surface area contributed by atoms with Crippen LogP contribution in [-0.4, -0.2) is 17.6 Å². The van der Waals surface area contributed by atoms with E-state index in [1.54, 1.807) is 24.3 Å². The molecule has 2 rings (SSSR count). The number of hydrogen-bond acceptors (Lipinski definition) is 2. The zero-order chi connectivity index (χ0) is 15.2. The molecule has 0 saturated heterocycles. The Balaban J connectivity index is 2.01. The molecule has 0 saturated carbocycles. The zero-order valence-electron chi connectivity index (χ0n) is 11.3. The number of anilines is 1. The summed E-state index contributed by atoms with van der Waals surface area (Å²) in [6, 6.07) is 10.4. The van der Waals surface area contributed by atoms with Gasteiger partial charge < -0.3 is 10.4 Å². The van der Waals surface area contributed by atoms with Crippen molar-refractivity contribution in [1.82, 2.24) is 0 Å². The van der Waals surface area contributed by atoms with Gasteiger partial charge in [-0.05, 0) is 36.2 Å². The zero-order valence-corrected chi connectivity index (χ0v) is 11.3. The number of aliphatic hydroxyl groups excluding tert-OH is 1. The molecule has 0 spiro atoms. The Morgan fingerprint density at radius 1 is 1.05 bits per heavy atom. The number of aliphatic hydroxyl groups is 1. The Hall–Kier alpha value is -2.27. The molecule has 0 radical (unpaired) electrons. The fourth-order valence-corrected chi connectivity index (χ4v) is 1.95. The van der Waals surface area contributed by atoms with Gasteiger partial charge in [0.15, 0.2) is 0 Å². The maximum Gasteiger partial charge on any atom is 0.229 e. The number of benzene rings is 2. The molecule has 0 aliphatic carbocycles. The third kappa shape index (κ3) is 4.10. The average molecular weight is 291 g/mol. The highest BCUT2D eigenvalue weighted by Crippen LogP contribution is 2.15. The summed E-state index contributed by atoms with van der Waals surface area (Å²) >= 11 is 0. The van der Waals surface area contributed by atoms with Gasteiger partial charge in [-0.15, -0.1) is 0 Å². The minimum Gasteiger partial charge on any atom is -0.396 e. The Morgan fingerprint density at radius 2 is 1.67 bits per heavy atom. The molecule has 0 aliphatic rings. The summed E-state index contributed by atoms with van der Waals surface area (Å²) in [6.45, 7) is 0.0538. The molecule has 0 unspecified atom stereocenters. The number of hydrogen-bond donors (Lipinski definition) is 2. The highest BCUT2D eigenvalue weighted by atomic mass is 19.1. The number of carbonyl (C=O) groups excluding carboxylic acids is 1. The predicted molar refractivity (Wildman–Crippen MR) is 75.9 cm³/mol. The van der Waals surface area contributed by atoms with Gasteiger partial charge in [0, 0.05) is 17.9 Å². The quantitative estimate of drug-likeness (QED) is 0.890. The van der Waals surface area contributed by atoms with Gasteiger partial charge in [-0.25, -0.2) is 8.78 Å². The summed E-state index contributed by atoms with van der Waals surface area (Å²) in [6.07, 6.45) is 0.172. The monoisotopic (exact) mass is 291 g/mol. The molecule has 110 valence electrons. The van der Waals surface area contributed by atoms with Crippen LogP contribution >= 0.6 is 0 Å². The van der Waals surface area contributed by atoms with Gasteiger partial charge >= 0.3 is 0 Å². The minimum absolute atomic E-state index is 0.0538. The lowest BCUT2D eigenvalue weighted by molar-refractivity contribution is -0.115. The van der Waals surface area contributed by atoms with Crippen LogP contribution in [0.4, 0.5) is 14.5 Å². The average Bonchev–Trinajstić information content (AvgIpc) is 2.45. The molecule has 2 aromatic rings. The van der Waals surface area contributed by atoms with Crippen LogP contribution in [0.5, 0.6) is 0 Å². The van der Waals surface area contributed by atoms with E-state index in [-0.39, 0.29) is 18.6 Å². The number of amides is 1. The lowest BCUT2D eigenvalue weighted by Gasteiger charge is -2.07. The van der Waals surface area contributed by atoms with Crippen LogP contribution in [0.1, 0.15) is 11.1 Å². The van der Waals surface area contributed by atoms with Crippen LogP contribution < -0.4 is 5.32 Å². The van der Waals surface area contributed by atoms with Crippen molar-refractivity contribution in [2.45, 2.75) is 12.8 Å². The molecule has 2 N–H and O–H groups in total. The Bertz CT molecular complexity index is 606. The lowest BCUT2D eigenvalue weighted by atomic mass is 10.1. The number of nitrogens with one attached hydrogen (secondary N) is 1. The molecule has 0 aromatic heterocycles. The largest absolute Gasteiger partial charge is 0.396 e. The van der Waals surface area contributed by atoms with Crippen molar-refractivity contribution in [2.75, 3.05) is 11.9 Å². The number of carbonyl (C=O) groups is 1. The van der Waals surface area contributed by atoms with E-state index in [0.29, 0.717) is 12.1 Å². The summed E-state index contributed by atoms with van der Waals surface area (Å²) in [7, 11) is 0. The highest BCUT2D eigenvalue weighted by molar-refractivity contribution is 5.92. The highest BCUT2D eigenvalue weighted by Gasteiger charge is 2.13. The first-order valence-corrected chi connectivity index (χ1v) is 6.52. The van der Waals surface area contributed by atoms with Crippen LogP contribution in [0.25, 0.3) is 0 Å². The van der Waals surface area contributed by atoms with Crippen molar-refractivity contribution in [2.24, 2.45) is 0 Å². The van der Waals surface area contributed by atoms with Gasteiger partial charge in [-0.3, -0.25) is 4.79 Å². The van der Waals surface area contributed by atoms with E-state index in [4.69, 9.17) is 5.11 Å². The molecular weight excluding hydrogens is 276 g/mol. The molecule has 1 amide bonds. The van der Waals surface area contributed by atoms with Crippen molar-refractivity contribution in [3.63, 3.8) is 0 Å². The maximum absolute atomic E-state index is 13.4. The standard InChI is InChI=1S/C16H15F2NO2/c17-14-2-1-3-15(18)13(14)10-16(21)19-12-6-4-11(5-7-12)8-9-20/h1-7,20H,8-10H2,(H,19,21). The fraction of sp³-hybridized carbons (Fsp3) is 0.188. The topological polar surface area (TPSA) is 49.3 Å². The van der Waals surface area contributed by atoms with Crippen LogP contribution in [0.3, 0.4) is 0 Å². The van der Waals surface area contributed by atoms with Gasteiger partial charge in [0.1, 0.15) is 11.6 Å². The first-order chi connectivity index (χ1) is 10.1. The number of rotatable bonds is 5. The number of halogens is 2. The molecule has 2 aromatic carbocycles. The van der Waals surface area contributed by atoms with Gasteiger partial charge in [-0.2, -0.15) is 0 Å². The summed E-state index contributed by atoms with van der Waals surface area (Å²) in [4.78, 5) is 11.8.